The van der Waals surface area contributed by atoms with Gasteiger partial charge in [0.15, 0.2) is 0 Å². The fourth-order valence-electron chi connectivity index (χ4n) is 8.73. The molecule has 4 aliphatic rings. The van der Waals surface area contributed by atoms with Crippen LogP contribution in [0.2, 0.25) is 0 Å². The van der Waals surface area contributed by atoms with Crippen LogP contribution >= 0.6 is 0 Å². The summed E-state index contributed by atoms with van der Waals surface area (Å²) in [5.74, 6) is 3.58. The topological polar surface area (TPSA) is 59.0 Å². The van der Waals surface area contributed by atoms with Gasteiger partial charge in [0.05, 0.1) is 11.3 Å². The van der Waals surface area contributed by atoms with Crippen molar-refractivity contribution in [3.05, 3.63) is 4.91 Å². The first-order valence-corrected chi connectivity index (χ1v) is 11.9. The van der Waals surface area contributed by atoms with E-state index in [2.05, 4.69) is 26.1 Å². The molecule has 0 saturated heterocycles. The molecule has 5 nitrogen and oxygen atoms in total. The minimum absolute atomic E-state index is 0.123. The van der Waals surface area contributed by atoms with Crippen molar-refractivity contribution < 1.29 is 9.53 Å². The Morgan fingerprint density at radius 1 is 1.03 bits per heavy atom. The minimum atomic E-state index is -0.123. The van der Waals surface area contributed by atoms with Crippen molar-refractivity contribution in [3.63, 3.8) is 0 Å². The van der Waals surface area contributed by atoms with E-state index in [4.69, 9.17) is 4.74 Å². The highest BCUT2D eigenvalue weighted by molar-refractivity contribution is 5.66. The number of rotatable bonds is 4. The van der Waals surface area contributed by atoms with Crippen molar-refractivity contribution in [3.8, 4) is 0 Å². The number of fused-ring (bicyclic) bond motifs is 5. The molecule has 0 heterocycles. The Balaban J connectivity index is 1.51. The van der Waals surface area contributed by atoms with E-state index in [1.807, 2.05) is 7.05 Å². The lowest BCUT2D eigenvalue weighted by Crippen LogP contribution is -2.55. The lowest BCUT2D eigenvalue weighted by Gasteiger charge is -2.61. The van der Waals surface area contributed by atoms with Crippen LogP contribution in [0.15, 0.2) is 5.29 Å². The number of ether oxygens (including phenoxy) is 1. The number of carbonyl (C=O) groups excluding carboxylic acids is 1. The molecule has 0 aliphatic heterocycles. The number of nitroso groups, excluding NO2 is 1. The highest BCUT2D eigenvalue weighted by Crippen LogP contribution is 2.68. The quantitative estimate of drug-likeness (QED) is 0.349. The molecular formula is C24H40N2O3. The van der Waals surface area contributed by atoms with Crippen molar-refractivity contribution in [2.24, 2.45) is 45.7 Å². The van der Waals surface area contributed by atoms with Gasteiger partial charge in [0.25, 0.3) is 0 Å². The molecule has 0 bridgehead atoms. The molecule has 29 heavy (non-hydrogen) atoms. The molecule has 4 aliphatic carbocycles. The smallest absolute Gasteiger partial charge is 0.302 e. The summed E-state index contributed by atoms with van der Waals surface area (Å²) in [5.41, 5.74) is 0.753. The van der Waals surface area contributed by atoms with E-state index in [-0.39, 0.29) is 18.1 Å². The zero-order chi connectivity index (χ0) is 21.0. The van der Waals surface area contributed by atoms with E-state index in [0.717, 1.165) is 30.6 Å². The first-order chi connectivity index (χ1) is 13.7. The number of hydrogen-bond donors (Lipinski definition) is 0. The zero-order valence-corrected chi connectivity index (χ0v) is 19.0. The summed E-state index contributed by atoms with van der Waals surface area (Å²) in [7, 11) is 1.84. The zero-order valence-electron chi connectivity index (χ0n) is 19.0. The molecule has 0 aromatic carbocycles. The van der Waals surface area contributed by atoms with E-state index < -0.39 is 0 Å². The number of hydrogen-bond acceptors (Lipinski definition) is 4. The Labute approximate surface area is 176 Å². The van der Waals surface area contributed by atoms with E-state index >= 15 is 0 Å². The predicted octanol–water partition coefficient (Wildman–Crippen LogP) is 5.58. The number of nitrogens with zero attached hydrogens (tertiary/aromatic N) is 2. The molecule has 5 heteroatoms. The molecule has 0 spiro atoms. The van der Waals surface area contributed by atoms with Crippen molar-refractivity contribution >= 4 is 5.97 Å². The first kappa shape index (κ1) is 21.1. The third kappa shape index (κ3) is 3.31. The predicted molar refractivity (Wildman–Crippen MR) is 114 cm³/mol. The first-order valence-electron chi connectivity index (χ1n) is 11.9. The molecule has 4 fully saturated rings. The van der Waals surface area contributed by atoms with Crippen LogP contribution < -0.4 is 0 Å². The summed E-state index contributed by atoms with van der Waals surface area (Å²) in [4.78, 5) is 22.6. The van der Waals surface area contributed by atoms with E-state index in [1.165, 1.54) is 44.9 Å². The molecule has 0 aromatic heterocycles. The number of esters is 1. The summed E-state index contributed by atoms with van der Waals surface area (Å²) in [6, 6.07) is 0.227. The van der Waals surface area contributed by atoms with Crippen LogP contribution in [0, 0.1) is 45.3 Å². The standard InChI is InChI=1S/C24H40N2O3/c1-15(26(5)25-28)20-8-9-21-19-7-6-17-14-18(29-16(2)27)10-12-23(17,3)22(19)11-13-24(20,21)4/h15,17-22H,6-14H2,1-5H3/t15-,17+,18-,19-,20-,21-,22-,23+,24+/m1/s1. The average Bonchev–Trinajstić information content (AvgIpc) is 3.03. The third-order valence-corrected chi connectivity index (χ3v) is 10.3. The molecule has 4 saturated carbocycles. The van der Waals surface area contributed by atoms with Crippen molar-refractivity contribution in [2.45, 2.75) is 97.6 Å². The summed E-state index contributed by atoms with van der Waals surface area (Å²) >= 11 is 0. The highest BCUT2D eigenvalue weighted by atomic mass is 16.5. The normalized spacial score (nSPS) is 47.3. The Morgan fingerprint density at radius 2 is 1.72 bits per heavy atom. The van der Waals surface area contributed by atoms with Gasteiger partial charge in [-0.2, -0.15) is 0 Å². The lowest BCUT2D eigenvalue weighted by molar-refractivity contribution is -0.160. The second-order valence-electron chi connectivity index (χ2n) is 11.3. The van der Waals surface area contributed by atoms with Gasteiger partial charge in [-0.15, -0.1) is 4.91 Å². The molecule has 0 N–H and O–H groups in total. The van der Waals surface area contributed by atoms with Gasteiger partial charge in [-0.3, -0.25) is 9.80 Å². The maximum atomic E-state index is 11.4. The summed E-state index contributed by atoms with van der Waals surface area (Å²) in [6.07, 6.45) is 11.2. The molecule has 0 amide bonds. The SMILES string of the molecule is CC(=O)O[C@@H]1CC[C@@]2(C)[C@@H](CC[C@@H]3[C@H]4CC[C@H]([C@@H](C)N(C)N=O)[C@]4(C)CC[C@H]32)C1. The summed E-state index contributed by atoms with van der Waals surface area (Å²) in [5, 5.41) is 4.87. The van der Waals surface area contributed by atoms with Gasteiger partial charge in [-0.05, 0) is 105 Å². The van der Waals surface area contributed by atoms with Gasteiger partial charge in [0.1, 0.15) is 6.10 Å². The second kappa shape index (κ2) is 7.53. The largest absolute Gasteiger partial charge is 0.463 e. The fraction of sp³-hybridized carbons (Fsp3) is 0.958. The Bertz CT molecular complexity index is 654. The van der Waals surface area contributed by atoms with Crippen molar-refractivity contribution in [1.82, 2.24) is 5.01 Å². The molecule has 0 aromatic rings. The van der Waals surface area contributed by atoms with Crippen LogP contribution in [0.25, 0.3) is 0 Å². The Hall–Kier alpha value is -1.13. The van der Waals surface area contributed by atoms with Crippen molar-refractivity contribution in [2.75, 3.05) is 7.05 Å². The van der Waals surface area contributed by atoms with Gasteiger partial charge >= 0.3 is 5.97 Å². The lowest BCUT2D eigenvalue weighted by atomic mass is 9.44. The van der Waals surface area contributed by atoms with Gasteiger partial charge < -0.3 is 4.74 Å². The Morgan fingerprint density at radius 3 is 2.41 bits per heavy atom. The molecule has 0 unspecified atom stereocenters. The number of carbonyl (C=O) groups is 1. The highest BCUT2D eigenvalue weighted by Gasteiger charge is 2.61. The monoisotopic (exact) mass is 404 g/mol. The van der Waals surface area contributed by atoms with Crippen molar-refractivity contribution in [1.29, 1.82) is 0 Å². The molecule has 164 valence electrons. The molecular weight excluding hydrogens is 364 g/mol. The van der Waals surface area contributed by atoms with E-state index in [0.29, 0.717) is 22.7 Å². The molecule has 0 radical (unpaired) electrons. The second-order valence-corrected chi connectivity index (χ2v) is 11.3. The minimum Gasteiger partial charge on any atom is -0.463 e. The van der Waals surface area contributed by atoms with Crippen LogP contribution in [0.1, 0.15) is 85.5 Å². The van der Waals surface area contributed by atoms with Gasteiger partial charge in [-0.25, -0.2) is 0 Å². The van der Waals surface area contributed by atoms with Gasteiger partial charge in [0, 0.05) is 14.0 Å². The van der Waals surface area contributed by atoms with E-state index in [1.54, 1.807) is 11.9 Å². The summed E-state index contributed by atoms with van der Waals surface area (Å²) in [6.45, 7) is 8.81. The van der Waals surface area contributed by atoms with Gasteiger partial charge in [0.2, 0.25) is 0 Å². The Kier molecular flexibility index (Phi) is 5.48. The third-order valence-electron chi connectivity index (χ3n) is 10.3. The van der Waals surface area contributed by atoms with Crippen LogP contribution in [0.5, 0.6) is 0 Å². The molecule has 9 atom stereocenters. The fourth-order valence-corrected chi connectivity index (χ4v) is 8.73. The van der Waals surface area contributed by atoms with Crippen LogP contribution in [-0.2, 0) is 9.53 Å². The average molecular weight is 405 g/mol. The van der Waals surface area contributed by atoms with Crippen LogP contribution in [0.3, 0.4) is 0 Å². The maximum absolute atomic E-state index is 11.4. The maximum Gasteiger partial charge on any atom is 0.302 e. The molecule has 4 rings (SSSR count). The summed E-state index contributed by atoms with van der Waals surface area (Å²) < 4.78 is 5.60. The van der Waals surface area contributed by atoms with Crippen LogP contribution in [0.4, 0.5) is 0 Å². The van der Waals surface area contributed by atoms with E-state index in [9.17, 15) is 9.70 Å². The van der Waals surface area contributed by atoms with Gasteiger partial charge in [-0.1, -0.05) is 13.8 Å². The van der Waals surface area contributed by atoms with Crippen LogP contribution in [-0.4, -0.2) is 30.2 Å².